The van der Waals surface area contributed by atoms with Crippen LogP contribution in [0.5, 0.6) is 0 Å². The summed E-state index contributed by atoms with van der Waals surface area (Å²) in [6.45, 7) is 6.61. The molecule has 1 heterocycles. The molecule has 1 aromatic heterocycles. The van der Waals surface area contributed by atoms with E-state index in [1.807, 2.05) is 19.1 Å². The fraction of sp³-hybridized carbons (Fsp3) is 0.353. The van der Waals surface area contributed by atoms with E-state index in [2.05, 4.69) is 17.6 Å². The Morgan fingerprint density at radius 2 is 2.14 bits per heavy atom. The number of carboxylic acids is 1. The highest BCUT2D eigenvalue weighted by Gasteiger charge is 2.15. The molecule has 0 saturated carbocycles. The van der Waals surface area contributed by atoms with Crippen LogP contribution in [0.4, 0.5) is 0 Å². The zero-order valence-electron chi connectivity index (χ0n) is 12.6. The van der Waals surface area contributed by atoms with Gasteiger partial charge in [0.1, 0.15) is 5.15 Å². The molecule has 0 aliphatic heterocycles. The highest BCUT2D eigenvalue weighted by molar-refractivity contribution is 6.33. The summed E-state index contributed by atoms with van der Waals surface area (Å²) in [7, 11) is 0. The molecule has 0 spiro atoms. The van der Waals surface area contributed by atoms with Crippen molar-refractivity contribution in [1.29, 1.82) is 0 Å². The molecule has 0 radical (unpaired) electrons. The number of rotatable bonds is 5. The van der Waals surface area contributed by atoms with Crippen molar-refractivity contribution < 1.29 is 9.90 Å². The van der Waals surface area contributed by atoms with Gasteiger partial charge in [-0.25, -0.2) is 4.79 Å². The Bertz CT molecular complexity index is 713. The SMILES string of the molecule is CCCCn1c(Cl)c(/C=C(\C)C(=O)O)c2ccc(C)cc21. The van der Waals surface area contributed by atoms with Gasteiger partial charge in [-0.3, -0.25) is 0 Å². The van der Waals surface area contributed by atoms with Crippen LogP contribution in [0.3, 0.4) is 0 Å². The summed E-state index contributed by atoms with van der Waals surface area (Å²) in [6.07, 6.45) is 3.78. The molecule has 0 fully saturated rings. The van der Waals surface area contributed by atoms with Crippen LogP contribution in [0, 0.1) is 6.92 Å². The number of halogens is 1. The minimum Gasteiger partial charge on any atom is -0.478 e. The van der Waals surface area contributed by atoms with Crippen molar-refractivity contribution in [2.75, 3.05) is 0 Å². The summed E-state index contributed by atoms with van der Waals surface area (Å²) in [6, 6.07) is 6.14. The van der Waals surface area contributed by atoms with Gasteiger partial charge >= 0.3 is 5.97 Å². The fourth-order valence-electron chi connectivity index (χ4n) is 2.41. The first-order valence-electron chi connectivity index (χ1n) is 7.15. The number of benzene rings is 1. The van der Waals surface area contributed by atoms with Gasteiger partial charge in [0.2, 0.25) is 0 Å². The zero-order valence-corrected chi connectivity index (χ0v) is 13.4. The summed E-state index contributed by atoms with van der Waals surface area (Å²) in [5.74, 6) is -0.923. The third-order valence-corrected chi connectivity index (χ3v) is 4.03. The van der Waals surface area contributed by atoms with Crippen LogP contribution >= 0.6 is 11.6 Å². The number of nitrogens with zero attached hydrogens (tertiary/aromatic N) is 1. The van der Waals surface area contributed by atoms with Gasteiger partial charge in [-0.2, -0.15) is 0 Å². The van der Waals surface area contributed by atoms with E-state index in [0.717, 1.165) is 35.9 Å². The smallest absolute Gasteiger partial charge is 0.331 e. The Morgan fingerprint density at radius 3 is 2.76 bits per heavy atom. The van der Waals surface area contributed by atoms with E-state index >= 15 is 0 Å². The minimum atomic E-state index is -0.923. The molecule has 0 unspecified atom stereocenters. The van der Waals surface area contributed by atoms with Crippen LogP contribution in [-0.4, -0.2) is 15.6 Å². The van der Waals surface area contributed by atoms with Crippen LogP contribution in [-0.2, 0) is 11.3 Å². The minimum absolute atomic E-state index is 0.284. The van der Waals surface area contributed by atoms with Crippen molar-refractivity contribution in [3.63, 3.8) is 0 Å². The summed E-state index contributed by atoms with van der Waals surface area (Å²) >= 11 is 6.51. The number of aromatic nitrogens is 1. The summed E-state index contributed by atoms with van der Waals surface area (Å²) < 4.78 is 2.08. The first kappa shape index (κ1) is 15.6. The Kier molecular flexibility index (Phi) is 4.73. The molecule has 4 heteroatoms. The van der Waals surface area contributed by atoms with E-state index in [4.69, 9.17) is 16.7 Å². The third kappa shape index (κ3) is 3.13. The van der Waals surface area contributed by atoms with Crippen LogP contribution in [0.1, 0.15) is 37.8 Å². The van der Waals surface area contributed by atoms with Gasteiger partial charge in [-0.15, -0.1) is 0 Å². The zero-order chi connectivity index (χ0) is 15.6. The van der Waals surface area contributed by atoms with Crippen molar-refractivity contribution in [2.45, 2.75) is 40.2 Å². The van der Waals surface area contributed by atoms with Crippen LogP contribution < -0.4 is 0 Å². The lowest BCUT2D eigenvalue weighted by Crippen LogP contribution is -1.98. The second-order valence-corrected chi connectivity index (χ2v) is 5.72. The lowest BCUT2D eigenvalue weighted by atomic mass is 10.1. The predicted octanol–water partition coefficient (Wildman–Crippen LogP) is 4.89. The van der Waals surface area contributed by atoms with Gasteiger partial charge < -0.3 is 9.67 Å². The van der Waals surface area contributed by atoms with Gasteiger partial charge in [-0.05, 0) is 38.0 Å². The molecule has 2 rings (SSSR count). The Hall–Kier alpha value is -1.74. The maximum absolute atomic E-state index is 11.1. The second kappa shape index (κ2) is 6.35. The van der Waals surface area contributed by atoms with E-state index < -0.39 is 5.97 Å². The number of hydrogen-bond donors (Lipinski definition) is 1. The molecule has 0 amide bonds. The molecule has 112 valence electrons. The van der Waals surface area contributed by atoms with E-state index in [0.29, 0.717) is 5.15 Å². The monoisotopic (exact) mass is 305 g/mol. The molecule has 0 atom stereocenters. The Labute approximate surface area is 129 Å². The van der Waals surface area contributed by atoms with E-state index in [-0.39, 0.29) is 5.57 Å². The largest absolute Gasteiger partial charge is 0.478 e. The van der Waals surface area contributed by atoms with Gasteiger partial charge in [0.15, 0.2) is 0 Å². The second-order valence-electron chi connectivity index (χ2n) is 5.36. The quantitative estimate of drug-likeness (QED) is 0.799. The van der Waals surface area contributed by atoms with E-state index in [1.54, 1.807) is 13.0 Å². The molecule has 0 bridgehead atoms. The first-order valence-corrected chi connectivity index (χ1v) is 7.53. The summed E-state index contributed by atoms with van der Waals surface area (Å²) in [5.41, 5.74) is 3.31. The lowest BCUT2D eigenvalue weighted by molar-refractivity contribution is -0.132. The fourth-order valence-corrected chi connectivity index (χ4v) is 2.74. The van der Waals surface area contributed by atoms with Crippen LogP contribution in [0.15, 0.2) is 23.8 Å². The number of carbonyl (C=O) groups is 1. The average Bonchev–Trinajstić information content (AvgIpc) is 2.68. The van der Waals surface area contributed by atoms with Gasteiger partial charge in [0, 0.05) is 23.1 Å². The van der Waals surface area contributed by atoms with Crippen molar-refractivity contribution in [3.8, 4) is 0 Å². The molecule has 0 saturated heterocycles. The molecule has 0 aliphatic carbocycles. The van der Waals surface area contributed by atoms with Crippen molar-refractivity contribution in [3.05, 3.63) is 40.1 Å². The van der Waals surface area contributed by atoms with Gasteiger partial charge in [0.05, 0.1) is 5.52 Å². The Balaban J connectivity index is 2.68. The number of fused-ring (bicyclic) bond motifs is 1. The molecule has 0 aliphatic rings. The average molecular weight is 306 g/mol. The number of aliphatic carboxylic acids is 1. The van der Waals surface area contributed by atoms with Gasteiger partial charge in [-0.1, -0.05) is 37.1 Å². The highest BCUT2D eigenvalue weighted by Crippen LogP contribution is 2.33. The summed E-state index contributed by atoms with van der Waals surface area (Å²) in [5, 5.41) is 10.7. The van der Waals surface area contributed by atoms with E-state index in [9.17, 15) is 4.79 Å². The van der Waals surface area contributed by atoms with Gasteiger partial charge in [0.25, 0.3) is 0 Å². The van der Waals surface area contributed by atoms with Crippen molar-refractivity contribution in [1.82, 2.24) is 4.57 Å². The van der Waals surface area contributed by atoms with Crippen molar-refractivity contribution >= 4 is 34.5 Å². The van der Waals surface area contributed by atoms with Crippen LogP contribution in [0.2, 0.25) is 5.15 Å². The molecule has 3 nitrogen and oxygen atoms in total. The topological polar surface area (TPSA) is 42.2 Å². The standard InChI is InChI=1S/C17H20ClNO2/c1-4-5-8-19-15-9-11(2)6-7-13(15)14(16(19)18)10-12(3)17(20)21/h6-7,9-10H,4-5,8H2,1-3H3,(H,20,21)/b12-10+. The third-order valence-electron chi connectivity index (χ3n) is 3.63. The van der Waals surface area contributed by atoms with E-state index in [1.165, 1.54) is 5.56 Å². The first-order chi connectivity index (χ1) is 9.95. The van der Waals surface area contributed by atoms with Crippen LogP contribution in [0.25, 0.3) is 17.0 Å². The lowest BCUT2D eigenvalue weighted by Gasteiger charge is -2.06. The normalized spacial score (nSPS) is 12.1. The Morgan fingerprint density at radius 1 is 1.43 bits per heavy atom. The highest BCUT2D eigenvalue weighted by atomic mass is 35.5. The number of aryl methyl sites for hydroxylation is 2. The molecule has 1 aromatic carbocycles. The molecule has 2 aromatic rings. The van der Waals surface area contributed by atoms with Crippen molar-refractivity contribution in [2.24, 2.45) is 0 Å². The number of carboxylic acid groups (broad SMARTS) is 1. The maximum Gasteiger partial charge on any atom is 0.331 e. The molecule has 1 N–H and O–H groups in total. The number of hydrogen-bond acceptors (Lipinski definition) is 1. The molecular weight excluding hydrogens is 286 g/mol. The molecular formula is C17H20ClNO2. The molecule has 21 heavy (non-hydrogen) atoms. The number of unbranched alkanes of at least 4 members (excludes halogenated alkanes) is 1. The summed E-state index contributed by atoms with van der Waals surface area (Å²) in [4.78, 5) is 11.1. The predicted molar refractivity (Wildman–Crippen MR) is 87.9 cm³/mol. The maximum atomic E-state index is 11.1.